The van der Waals surface area contributed by atoms with Crippen LogP contribution in [0.25, 0.3) is 0 Å². The number of hydrogen-bond acceptors (Lipinski definition) is 2. The standard InChI is InChI=1S/C12H13ClFN3/c1-8-10(7-16-17-8)6-15-5-9-2-11(13)4-12(14)3-9/h2-4,7,15H,5-6H2,1H3,(H,16,17). The van der Waals surface area contributed by atoms with E-state index in [1.807, 2.05) is 6.92 Å². The van der Waals surface area contributed by atoms with Crippen molar-refractivity contribution in [2.24, 2.45) is 0 Å². The number of H-pyrrole nitrogens is 1. The Morgan fingerprint density at radius 1 is 1.35 bits per heavy atom. The van der Waals surface area contributed by atoms with Gasteiger partial charge in [-0.15, -0.1) is 0 Å². The van der Waals surface area contributed by atoms with Gasteiger partial charge in [-0.1, -0.05) is 11.6 Å². The molecule has 1 aromatic heterocycles. The van der Waals surface area contributed by atoms with Crippen LogP contribution in [0.1, 0.15) is 16.8 Å². The molecule has 0 atom stereocenters. The minimum Gasteiger partial charge on any atom is -0.308 e. The van der Waals surface area contributed by atoms with Crippen molar-refractivity contribution in [2.75, 3.05) is 0 Å². The number of aromatic nitrogens is 2. The van der Waals surface area contributed by atoms with Crippen molar-refractivity contribution in [3.05, 3.63) is 52.1 Å². The molecule has 2 N–H and O–H groups in total. The summed E-state index contributed by atoms with van der Waals surface area (Å²) in [6.07, 6.45) is 1.78. The van der Waals surface area contributed by atoms with Crippen LogP contribution >= 0.6 is 11.6 Å². The molecule has 0 aliphatic carbocycles. The minimum absolute atomic E-state index is 0.311. The summed E-state index contributed by atoms with van der Waals surface area (Å²) in [6.45, 7) is 3.22. The number of halogens is 2. The zero-order valence-corrected chi connectivity index (χ0v) is 10.2. The number of benzene rings is 1. The third kappa shape index (κ3) is 3.28. The Labute approximate surface area is 104 Å². The largest absolute Gasteiger partial charge is 0.308 e. The number of nitrogens with one attached hydrogen (secondary N) is 2. The van der Waals surface area contributed by atoms with Gasteiger partial charge in [0.2, 0.25) is 0 Å². The molecule has 0 radical (unpaired) electrons. The summed E-state index contributed by atoms with van der Waals surface area (Å²) in [5.74, 6) is -0.311. The lowest BCUT2D eigenvalue weighted by Crippen LogP contribution is -2.13. The Morgan fingerprint density at radius 3 is 2.82 bits per heavy atom. The molecule has 0 aliphatic rings. The van der Waals surface area contributed by atoms with E-state index in [1.54, 1.807) is 12.3 Å². The molecular weight excluding hydrogens is 241 g/mol. The molecule has 1 aromatic carbocycles. The van der Waals surface area contributed by atoms with Crippen LogP contribution in [-0.2, 0) is 13.1 Å². The van der Waals surface area contributed by atoms with E-state index in [4.69, 9.17) is 11.6 Å². The first-order valence-corrected chi connectivity index (χ1v) is 5.67. The Hall–Kier alpha value is -1.39. The van der Waals surface area contributed by atoms with Crippen LogP contribution in [0.15, 0.2) is 24.4 Å². The molecule has 3 nitrogen and oxygen atoms in total. The summed E-state index contributed by atoms with van der Waals surface area (Å²) in [7, 11) is 0. The van der Waals surface area contributed by atoms with E-state index in [9.17, 15) is 4.39 Å². The van der Waals surface area contributed by atoms with Crippen LogP contribution in [-0.4, -0.2) is 10.2 Å². The van der Waals surface area contributed by atoms with E-state index in [1.165, 1.54) is 12.1 Å². The second-order valence-corrected chi connectivity index (χ2v) is 4.34. The predicted molar refractivity (Wildman–Crippen MR) is 65.3 cm³/mol. The summed E-state index contributed by atoms with van der Waals surface area (Å²) in [5.41, 5.74) is 2.97. The van der Waals surface area contributed by atoms with Crippen LogP contribution in [0.4, 0.5) is 4.39 Å². The summed E-state index contributed by atoms with van der Waals surface area (Å²) < 4.78 is 13.1. The molecule has 0 amide bonds. The Bertz CT molecular complexity index is 490. The SMILES string of the molecule is Cc1[nH]ncc1CNCc1cc(F)cc(Cl)c1. The fourth-order valence-electron chi connectivity index (χ4n) is 1.61. The zero-order chi connectivity index (χ0) is 12.3. The normalized spacial score (nSPS) is 10.8. The average molecular weight is 254 g/mol. The van der Waals surface area contributed by atoms with Gasteiger partial charge in [-0.25, -0.2) is 4.39 Å². The molecule has 1 heterocycles. The highest BCUT2D eigenvalue weighted by atomic mass is 35.5. The lowest BCUT2D eigenvalue weighted by Gasteiger charge is -2.05. The highest BCUT2D eigenvalue weighted by molar-refractivity contribution is 6.30. The fraction of sp³-hybridized carbons (Fsp3) is 0.250. The second kappa shape index (κ2) is 5.29. The molecule has 17 heavy (non-hydrogen) atoms. The highest BCUT2D eigenvalue weighted by Gasteiger charge is 2.01. The predicted octanol–water partition coefficient (Wildman–Crippen LogP) is 2.80. The van der Waals surface area contributed by atoms with Crippen molar-refractivity contribution in [3.63, 3.8) is 0 Å². The summed E-state index contributed by atoms with van der Waals surface area (Å²) >= 11 is 5.77. The van der Waals surface area contributed by atoms with Gasteiger partial charge in [-0.05, 0) is 30.7 Å². The van der Waals surface area contributed by atoms with Crippen molar-refractivity contribution in [3.8, 4) is 0 Å². The number of rotatable bonds is 4. The molecule has 0 fully saturated rings. The van der Waals surface area contributed by atoms with Gasteiger partial charge in [-0.2, -0.15) is 5.10 Å². The molecular formula is C12H13ClFN3. The van der Waals surface area contributed by atoms with Crippen molar-refractivity contribution < 1.29 is 4.39 Å². The second-order valence-electron chi connectivity index (χ2n) is 3.90. The van der Waals surface area contributed by atoms with E-state index in [2.05, 4.69) is 15.5 Å². The topological polar surface area (TPSA) is 40.7 Å². The number of nitrogens with zero attached hydrogens (tertiary/aromatic N) is 1. The van der Waals surface area contributed by atoms with Crippen LogP contribution in [0.5, 0.6) is 0 Å². The number of aromatic amines is 1. The van der Waals surface area contributed by atoms with Crippen LogP contribution in [0, 0.1) is 12.7 Å². The Kier molecular flexibility index (Phi) is 3.76. The lowest BCUT2D eigenvalue weighted by atomic mass is 10.2. The first-order chi connectivity index (χ1) is 8.15. The maximum Gasteiger partial charge on any atom is 0.125 e. The lowest BCUT2D eigenvalue weighted by molar-refractivity contribution is 0.620. The molecule has 0 unspecified atom stereocenters. The van der Waals surface area contributed by atoms with Gasteiger partial charge in [0.1, 0.15) is 5.82 Å². The highest BCUT2D eigenvalue weighted by Crippen LogP contribution is 2.14. The van der Waals surface area contributed by atoms with Gasteiger partial charge in [0.05, 0.1) is 6.20 Å². The van der Waals surface area contributed by atoms with E-state index in [0.29, 0.717) is 18.1 Å². The van der Waals surface area contributed by atoms with Crippen molar-refractivity contribution in [1.29, 1.82) is 0 Å². The monoisotopic (exact) mass is 253 g/mol. The first kappa shape index (κ1) is 12.1. The quantitative estimate of drug-likeness (QED) is 0.880. The van der Waals surface area contributed by atoms with Gasteiger partial charge >= 0.3 is 0 Å². The van der Waals surface area contributed by atoms with Crippen LogP contribution in [0.2, 0.25) is 5.02 Å². The maximum atomic E-state index is 13.1. The molecule has 2 rings (SSSR count). The van der Waals surface area contributed by atoms with Crippen LogP contribution in [0.3, 0.4) is 0 Å². The molecule has 2 aromatic rings. The van der Waals surface area contributed by atoms with Crippen molar-refractivity contribution in [2.45, 2.75) is 20.0 Å². The molecule has 0 saturated heterocycles. The average Bonchev–Trinajstić information content (AvgIpc) is 2.63. The van der Waals surface area contributed by atoms with E-state index in [-0.39, 0.29) is 5.82 Å². The van der Waals surface area contributed by atoms with Crippen molar-refractivity contribution >= 4 is 11.6 Å². The summed E-state index contributed by atoms with van der Waals surface area (Å²) in [5, 5.41) is 10.4. The van der Waals surface area contributed by atoms with Gasteiger partial charge in [0, 0.05) is 29.4 Å². The smallest absolute Gasteiger partial charge is 0.125 e. The third-order valence-corrected chi connectivity index (χ3v) is 2.72. The van der Waals surface area contributed by atoms with Crippen molar-refractivity contribution in [1.82, 2.24) is 15.5 Å². The van der Waals surface area contributed by atoms with Gasteiger partial charge in [0.25, 0.3) is 0 Å². The molecule has 5 heteroatoms. The molecule has 90 valence electrons. The van der Waals surface area contributed by atoms with Gasteiger partial charge in [-0.3, -0.25) is 5.10 Å². The number of hydrogen-bond donors (Lipinski definition) is 2. The maximum absolute atomic E-state index is 13.1. The Balaban J connectivity index is 1.92. The first-order valence-electron chi connectivity index (χ1n) is 5.29. The summed E-state index contributed by atoms with van der Waals surface area (Å²) in [4.78, 5) is 0. The molecule has 0 saturated carbocycles. The van der Waals surface area contributed by atoms with Crippen LogP contribution < -0.4 is 5.32 Å². The summed E-state index contributed by atoms with van der Waals surface area (Å²) in [6, 6.07) is 4.52. The van der Waals surface area contributed by atoms with E-state index in [0.717, 1.165) is 16.8 Å². The van der Waals surface area contributed by atoms with Gasteiger partial charge < -0.3 is 5.32 Å². The van der Waals surface area contributed by atoms with E-state index < -0.39 is 0 Å². The number of aryl methyl sites for hydroxylation is 1. The van der Waals surface area contributed by atoms with Gasteiger partial charge in [0.15, 0.2) is 0 Å². The fourth-order valence-corrected chi connectivity index (χ4v) is 1.85. The van der Waals surface area contributed by atoms with E-state index >= 15 is 0 Å². The minimum atomic E-state index is -0.311. The molecule has 0 bridgehead atoms. The zero-order valence-electron chi connectivity index (χ0n) is 9.43. The molecule has 0 aliphatic heterocycles. The third-order valence-electron chi connectivity index (χ3n) is 2.50. The molecule has 0 spiro atoms. The Morgan fingerprint density at radius 2 is 2.18 bits per heavy atom.